The third kappa shape index (κ3) is 3.65. The molecule has 0 saturated carbocycles. The van der Waals surface area contributed by atoms with E-state index in [1.54, 1.807) is 0 Å². The molecule has 0 N–H and O–H groups in total. The Hall–Kier alpha value is -0.0800. The van der Waals surface area contributed by atoms with Gasteiger partial charge in [-0.25, -0.2) is 0 Å². The molecule has 2 nitrogen and oxygen atoms in total. The average molecular weight is 185 g/mol. The smallest absolute Gasteiger partial charge is 0.0709 e. The van der Waals surface area contributed by atoms with E-state index in [2.05, 4.69) is 32.7 Å². The molecule has 0 spiro atoms. The lowest BCUT2D eigenvalue weighted by molar-refractivity contribution is -0.113. The van der Waals surface area contributed by atoms with Gasteiger partial charge in [-0.2, -0.15) is 0 Å². The van der Waals surface area contributed by atoms with E-state index in [1.165, 1.54) is 19.3 Å². The van der Waals surface area contributed by atoms with Crippen molar-refractivity contribution < 1.29 is 4.74 Å². The molecule has 1 fully saturated rings. The fourth-order valence-corrected chi connectivity index (χ4v) is 1.93. The van der Waals surface area contributed by atoms with Crippen LogP contribution < -0.4 is 0 Å². The van der Waals surface area contributed by atoms with Gasteiger partial charge in [-0.1, -0.05) is 6.92 Å². The van der Waals surface area contributed by atoms with Crippen LogP contribution in [0.5, 0.6) is 0 Å². The minimum Gasteiger partial charge on any atom is -0.371 e. The lowest BCUT2D eigenvalue weighted by Gasteiger charge is -2.37. The molecule has 0 bridgehead atoms. The number of hydrogen-bond acceptors (Lipinski definition) is 2. The zero-order chi connectivity index (χ0) is 9.90. The topological polar surface area (TPSA) is 12.5 Å². The second-order valence-electron chi connectivity index (χ2n) is 4.75. The Morgan fingerprint density at radius 2 is 2.15 bits per heavy atom. The first-order chi connectivity index (χ1) is 6.03. The van der Waals surface area contributed by atoms with E-state index in [1.807, 2.05) is 0 Å². The number of ether oxygens (including phenoxy) is 1. The van der Waals surface area contributed by atoms with Crippen LogP contribution in [0.3, 0.4) is 0 Å². The number of rotatable bonds is 3. The molecule has 1 heterocycles. The summed E-state index contributed by atoms with van der Waals surface area (Å²) in [6, 6.07) is 0. The van der Waals surface area contributed by atoms with Gasteiger partial charge in [-0.3, -0.25) is 0 Å². The summed E-state index contributed by atoms with van der Waals surface area (Å²) in [6.45, 7) is 8.78. The van der Waals surface area contributed by atoms with Crippen LogP contribution in [0.1, 0.15) is 40.0 Å². The first-order valence-corrected chi connectivity index (χ1v) is 5.40. The molecule has 1 unspecified atom stereocenters. The van der Waals surface area contributed by atoms with Crippen molar-refractivity contribution in [2.24, 2.45) is 0 Å². The Labute approximate surface area is 82.3 Å². The van der Waals surface area contributed by atoms with Crippen molar-refractivity contribution in [3.63, 3.8) is 0 Å². The highest BCUT2D eigenvalue weighted by atomic mass is 16.5. The minimum absolute atomic E-state index is 0.109. The van der Waals surface area contributed by atoms with Gasteiger partial charge in [0.25, 0.3) is 0 Å². The zero-order valence-electron chi connectivity index (χ0n) is 9.47. The molecule has 1 rings (SSSR count). The third-order valence-corrected chi connectivity index (χ3v) is 2.85. The van der Waals surface area contributed by atoms with Crippen LogP contribution in [0.15, 0.2) is 0 Å². The first kappa shape index (κ1) is 11.0. The summed E-state index contributed by atoms with van der Waals surface area (Å²) in [4.78, 5) is 2.33. The summed E-state index contributed by atoms with van der Waals surface area (Å²) in [5.41, 5.74) is 0.109. The fraction of sp³-hybridized carbons (Fsp3) is 1.00. The van der Waals surface area contributed by atoms with Gasteiger partial charge in [0.05, 0.1) is 11.7 Å². The van der Waals surface area contributed by atoms with Crippen LogP contribution in [0.4, 0.5) is 0 Å². The monoisotopic (exact) mass is 185 g/mol. The van der Waals surface area contributed by atoms with Crippen molar-refractivity contribution in [3.05, 3.63) is 0 Å². The van der Waals surface area contributed by atoms with Crippen molar-refractivity contribution >= 4 is 0 Å². The fourth-order valence-electron chi connectivity index (χ4n) is 1.93. The van der Waals surface area contributed by atoms with E-state index in [-0.39, 0.29) is 5.60 Å². The van der Waals surface area contributed by atoms with Gasteiger partial charge in [-0.15, -0.1) is 0 Å². The predicted octanol–water partition coefficient (Wildman–Crippen LogP) is 2.29. The van der Waals surface area contributed by atoms with Crippen molar-refractivity contribution in [2.45, 2.75) is 51.7 Å². The molecule has 13 heavy (non-hydrogen) atoms. The Morgan fingerprint density at radius 1 is 1.46 bits per heavy atom. The Morgan fingerprint density at radius 3 is 2.69 bits per heavy atom. The molecular weight excluding hydrogens is 162 g/mol. The lowest BCUT2D eigenvalue weighted by Crippen LogP contribution is -2.41. The molecule has 0 amide bonds. The van der Waals surface area contributed by atoms with Gasteiger partial charge in [0.15, 0.2) is 0 Å². The van der Waals surface area contributed by atoms with Crippen molar-refractivity contribution in [2.75, 3.05) is 20.1 Å². The quantitative estimate of drug-likeness (QED) is 0.669. The SMILES string of the molecule is CCN(C)CC1CCCC(C)(C)O1. The molecule has 1 aliphatic heterocycles. The largest absolute Gasteiger partial charge is 0.371 e. The van der Waals surface area contributed by atoms with Gasteiger partial charge >= 0.3 is 0 Å². The van der Waals surface area contributed by atoms with Gasteiger partial charge in [0.1, 0.15) is 0 Å². The van der Waals surface area contributed by atoms with E-state index in [0.717, 1.165) is 13.1 Å². The second-order valence-corrected chi connectivity index (χ2v) is 4.75. The van der Waals surface area contributed by atoms with E-state index in [9.17, 15) is 0 Å². The van der Waals surface area contributed by atoms with Crippen LogP contribution in [0, 0.1) is 0 Å². The molecule has 0 aliphatic carbocycles. The summed E-state index contributed by atoms with van der Waals surface area (Å²) in [5, 5.41) is 0. The van der Waals surface area contributed by atoms with Crippen LogP contribution in [-0.2, 0) is 4.74 Å². The zero-order valence-corrected chi connectivity index (χ0v) is 9.47. The molecule has 1 saturated heterocycles. The highest BCUT2D eigenvalue weighted by molar-refractivity contribution is 4.79. The van der Waals surface area contributed by atoms with Gasteiger partial charge < -0.3 is 9.64 Å². The molecule has 0 aromatic heterocycles. The summed E-state index contributed by atoms with van der Waals surface area (Å²) in [7, 11) is 2.16. The van der Waals surface area contributed by atoms with Crippen molar-refractivity contribution in [1.29, 1.82) is 0 Å². The lowest BCUT2D eigenvalue weighted by atomic mass is 9.95. The van der Waals surface area contributed by atoms with Crippen LogP contribution >= 0.6 is 0 Å². The van der Waals surface area contributed by atoms with Gasteiger partial charge in [0.2, 0.25) is 0 Å². The Kier molecular flexibility index (Phi) is 3.74. The van der Waals surface area contributed by atoms with Crippen LogP contribution in [0.25, 0.3) is 0 Å². The Balaban J connectivity index is 2.34. The summed E-state index contributed by atoms with van der Waals surface area (Å²) < 4.78 is 6.00. The maximum atomic E-state index is 6.00. The number of nitrogens with zero attached hydrogens (tertiary/aromatic N) is 1. The molecular formula is C11H23NO. The van der Waals surface area contributed by atoms with E-state index >= 15 is 0 Å². The standard InChI is InChI=1S/C11H23NO/c1-5-12(4)9-10-7-6-8-11(2,3)13-10/h10H,5-9H2,1-4H3. The van der Waals surface area contributed by atoms with Crippen LogP contribution in [-0.4, -0.2) is 36.7 Å². The normalized spacial score (nSPS) is 27.9. The maximum Gasteiger partial charge on any atom is 0.0709 e. The summed E-state index contributed by atoms with van der Waals surface area (Å²) in [6.07, 6.45) is 4.20. The highest BCUT2D eigenvalue weighted by Crippen LogP contribution is 2.27. The second kappa shape index (κ2) is 4.43. The first-order valence-electron chi connectivity index (χ1n) is 5.40. The molecule has 0 radical (unpaired) electrons. The Bertz CT molecular complexity index is 156. The predicted molar refractivity (Wildman–Crippen MR) is 56.0 cm³/mol. The van der Waals surface area contributed by atoms with Crippen molar-refractivity contribution in [3.8, 4) is 0 Å². The van der Waals surface area contributed by atoms with E-state index < -0.39 is 0 Å². The summed E-state index contributed by atoms with van der Waals surface area (Å²) >= 11 is 0. The average Bonchev–Trinajstić information content (AvgIpc) is 2.02. The van der Waals surface area contributed by atoms with Crippen molar-refractivity contribution in [1.82, 2.24) is 4.90 Å². The number of hydrogen-bond donors (Lipinski definition) is 0. The summed E-state index contributed by atoms with van der Waals surface area (Å²) in [5.74, 6) is 0. The maximum absolute atomic E-state index is 6.00. The molecule has 1 atom stereocenters. The number of likely N-dealkylation sites (N-methyl/N-ethyl adjacent to an activating group) is 1. The molecule has 0 aromatic rings. The molecule has 2 heteroatoms. The molecule has 78 valence electrons. The van der Waals surface area contributed by atoms with E-state index in [4.69, 9.17) is 4.74 Å². The van der Waals surface area contributed by atoms with Gasteiger partial charge in [-0.05, 0) is 46.7 Å². The van der Waals surface area contributed by atoms with E-state index in [0.29, 0.717) is 6.10 Å². The minimum atomic E-state index is 0.109. The van der Waals surface area contributed by atoms with Gasteiger partial charge in [0, 0.05) is 6.54 Å². The highest BCUT2D eigenvalue weighted by Gasteiger charge is 2.28. The van der Waals surface area contributed by atoms with Crippen LogP contribution in [0.2, 0.25) is 0 Å². The third-order valence-electron chi connectivity index (χ3n) is 2.85. The molecule has 0 aromatic carbocycles. The molecule has 1 aliphatic rings.